The minimum absolute atomic E-state index is 0.227. The molecule has 6 heteroatoms. The first-order chi connectivity index (χ1) is 7.09. The zero-order valence-corrected chi connectivity index (χ0v) is 8.74. The summed E-state index contributed by atoms with van der Waals surface area (Å²) in [5.41, 5.74) is 10.2. The van der Waals surface area contributed by atoms with Gasteiger partial charge in [-0.25, -0.2) is 4.79 Å². The zero-order chi connectivity index (χ0) is 11.3. The van der Waals surface area contributed by atoms with E-state index >= 15 is 0 Å². The predicted molar refractivity (Wildman–Crippen MR) is 56.0 cm³/mol. The topological polar surface area (TPSA) is 101 Å². The molecule has 1 atom stereocenters. The molecule has 1 aliphatic rings. The summed E-state index contributed by atoms with van der Waals surface area (Å²) in [5.74, 6) is -0.315. The van der Waals surface area contributed by atoms with Gasteiger partial charge in [-0.3, -0.25) is 4.79 Å². The number of carbonyl (C=O) groups is 2. The van der Waals surface area contributed by atoms with Crippen molar-refractivity contribution in [2.45, 2.75) is 25.3 Å². The second-order valence-corrected chi connectivity index (χ2v) is 3.79. The molecule has 15 heavy (non-hydrogen) atoms. The molecule has 1 aliphatic heterocycles. The monoisotopic (exact) mass is 214 g/mol. The lowest BCUT2D eigenvalue weighted by Crippen LogP contribution is -2.50. The number of likely N-dealkylation sites (tertiary alicyclic amines) is 1. The molecule has 0 aromatic heterocycles. The number of rotatable bonds is 4. The molecule has 0 spiro atoms. The lowest BCUT2D eigenvalue weighted by atomic mass is 10.1. The summed E-state index contributed by atoms with van der Waals surface area (Å²) in [7, 11) is 0. The maximum Gasteiger partial charge on any atom is 0.314 e. The summed E-state index contributed by atoms with van der Waals surface area (Å²) in [6.45, 7) is 1.91. The van der Waals surface area contributed by atoms with Gasteiger partial charge in [0.25, 0.3) is 0 Å². The normalized spacial score (nSPS) is 21.3. The summed E-state index contributed by atoms with van der Waals surface area (Å²) in [5, 5.41) is 3.19. The second-order valence-electron chi connectivity index (χ2n) is 3.79. The highest BCUT2D eigenvalue weighted by molar-refractivity contribution is 5.74. The van der Waals surface area contributed by atoms with Gasteiger partial charge in [-0.05, 0) is 12.8 Å². The number of hydrogen-bond acceptors (Lipinski definition) is 3. The van der Waals surface area contributed by atoms with Gasteiger partial charge < -0.3 is 21.7 Å². The largest absolute Gasteiger partial charge is 0.370 e. The fraction of sp³-hybridized carbons (Fsp3) is 0.778. The van der Waals surface area contributed by atoms with Gasteiger partial charge in [-0.15, -0.1) is 0 Å². The van der Waals surface area contributed by atoms with Crippen LogP contribution in [-0.4, -0.2) is 42.5 Å². The van der Waals surface area contributed by atoms with E-state index in [-0.39, 0.29) is 18.0 Å². The first kappa shape index (κ1) is 11.8. The molecule has 6 nitrogen and oxygen atoms in total. The highest BCUT2D eigenvalue weighted by Crippen LogP contribution is 2.09. The van der Waals surface area contributed by atoms with Crippen molar-refractivity contribution in [3.05, 3.63) is 0 Å². The molecule has 1 fully saturated rings. The lowest BCUT2D eigenvalue weighted by Gasteiger charge is -2.32. The van der Waals surface area contributed by atoms with Crippen molar-refractivity contribution in [3.63, 3.8) is 0 Å². The van der Waals surface area contributed by atoms with Gasteiger partial charge in [0.15, 0.2) is 0 Å². The van der Waals surface area contributed by atoms with Gasteiger partial charge in [-0.2, -0.15) is 0 Å². The maximum absolute atomic E-state index is 10.9. The average Bonchev–Trinajstić information content (AvgIpc) is 2.17. The van der Waals surface area contributed by atoms with E-state index in [1.807, 2.05) is 0 Å². The molecular formula is C9H18N4O2. The van der Waals surface area contributed by atoms with Crippen LogP contribution in [0.3, 0.4) is 0 Å². The second kappa shape index (κ2) is 5.55. The summed E-state index contributed by atoms with van der Waals surface area (Å²) in [6.07, 6.45) is 2.27. The number of nitrogens with two attached hydrogens (primary N) is 2. The molecule has 86 valence electrons. The van der Waals surface area contributed by atoms with Gasteiger partial charge in [0.05, 0.1) is 0 Å². The van der Waals surface area contributed by atoms with E-state index in [1.54, 1.807) is 4.90 Å². The Bertz CT molecular complexity index is 244. The molecule has 0 radical (unpaired) electrons. The van der Waals surface area contributed by atoms with Gasteiger partial charge >= 0.3 is 6.03 Å². The highest BCUT2D eigenvalue weighted by Gasteiger charge is 2.21. The van der Waals surface area contributed by atoms with E-state index in [9.17, 15) is 9.59 Å². The van der Waals surface area contributed by atoms with Crippen LogP contribution in [0, 0.1) is 0 Å². The standard InChI is InChI=1S/C9H18N4O2/c10-8(14)3-4-12-7-2-1-5-13(6-7)9(11)15/h7,12H,1-6H2,(H2,10,14)(H2,11,15). The Balaban J connectivity index is 2.24. The Hall–Kier alpha value is -1.30. The van der Waals surface area contributed by atoms with Crippen LogP contribution in [0.2, 0.25) is 0 Å². The first-order valence-corrected chi connectivity index (χ1v) is 5.15. The van der Waals surface area contributed by atoms with Crippen LogP contribution >= 0.6 is 0 Å². The molecule has 5 N–H and O–H groups in total. The Morgan fingerprint density at radius 3 is 2.73 bits per heavy atom. The average molecular weight is 214 g/mol. The molecule has 0 bridgehead atoms. The van der Waals surface area contributed by atoms with Crippen molar-refractivity contribution in [2.24, 2.45) is 11.5 Å². The van der Waals surface area contributed by atoms with Crippen LogP contribution in [0.1, 0.15) is 19.3 Å². The van der Waals surface area contributed by atoms with Crippen LogP contribution < -0.4 is 16.8 Å². The van der Waals surface area contributed by atoms with Gasteiger partial charge in [0.2, 0.25) is 5.91 Å². The fourth-order valence-corrected chi connectivity index (χ4v) is 1.74. The Kier molecular flexibility index (Phi) is 4.36. The molecule has 0 aromatic carbocycles. The van der Waals surface area contributed by atoms with Crippen molar-refractivity contribution >= 4 is 11.9 Å². The van der Waals surface area contributed by atoms with Crippen molar-refractivity contribution in [2.75, 3.05) is 19.6 Å². The van der Waals surface area contributed by atoms with Gasteiger partial charge in [-0.1, -0.05) is 0 Å². The third-order valence-electron chi connectivity index (χ3n) is 2.54. The van der Waals surface area contributed by atoms with Crippen molar-refractivity contribution in [1.29, 1.82) is 0 Å². The van der Waals surface area contributed by atoms with E-state index < -0.39 is 0 Å². The third-order valence-corrected chi connectivity index (χ3v) is 2.54. The Labute approximate surface area is 89.0 Å². The number of carbonyl (C=O) groups excluding carboxylic acids is 2. The van der Waals surface area contributed by atoms with E-state index in [4.69, 9.17) is 11.5 Å². The Morgan fingerprint density at radius 1 is 1.40 bits per heavy atom. The molecular weight excluding hydrogens is 196 g/mol. The number of amides is 3. The number of primary amides is 2. The SMILES string of the molecule is NC(=O)CCNC1CCCN(C(N)=O)C1. The minimum atomic E-state index is -0.378. The molecule has 1 saturated heterocycles. The molecule has 1 unspecified atom stereocenters. The summed E-state index contributed by atoms with van der Waals surface area (Å²) in [4.78, 5) is 23.1. The first-order valence-electron chi connectivity index (χ1n) is 5.15. The molecule has 0 aromatic rings. The number of nitrogens with one attached hydrogen (secondary N) is 1. The summed E-state index contributed by atoms with van der Waals surface area (Å²) >= 11 is 0. The van der Waals surface area contributed by atoms with Crippen LogP contribution in [0.4, 0.5) is 4.79 Å². The lowest BCUT2D eigenvalue weighted by molar-refractivity contribution is -0.117. The highest BCUT2D eigenvalue weighted by atomic mass is 16.2. The van der Waals surface area contributed by atoms with Crippen LogP contribution in [0.5, 0.6) is 0 Å². The van der Waals surface area contributed by atoms with Crippen molar-refractivity contribution in [3.8, 4) is 0 Å². The molecule has 0 saturated carbocycles. The van der Waals surface area contributed by atoms with Gasteiger partial charge in [0, 0.05) is 32.1 Å². The number of hydrogen-bond donors (Lipinski definition) is 3. The van der Waals surface area contributed by atoms with E-state index in [0.717, 1.165) is 19.4 Å². The third kappa shape index (κ3) is 4.16. The van der Waals surface area contributed by atoms with Crippen molar-refractivity contribution in [1.82, 2.24) is 10.2 Å². The predicted octanol–water partition coefficient (Wildman–Crippen LogP) is -1.01. The summed E-state index contributed by atoms with van der Waals surface area (Å²) < 4.78 is 0. The molecule has 1 heterocycles. The number of nitrogens with zero attached hydrogens (tertiary/aromatic N) is 1. The zero-order valence-electron chi connectivity index (χ0n) is 8.74. The quantitative estimate of drug-likeness (QED) is 0.559. The van der Waals surface area contributed by atoms with Gasteiger partial charge in [0.1, 0.15) is 0 Å². The smallest absolute Gasteiger partial charge is 0.314 e. The van der Waals surface area contributed by atoms with E-state index in [2.05, 4.69) is 5.32 Å². The van der Waals surface area contributed by atoms with Crippen LogP contribution in [-0.2, 0) is 4.79 Å². The summed E-state index contributed by atoms with van der Waals surface area (Å²) in [6, 6.07) is -0.151. The molecule has 0 aliphatic carbocycles. The Morgan fingerprint density at radius 2 is 2.13 bits per heavy atom. The van der Waals surface area contributed by atoms with Crippen LogP contribution in [0.15, 0.2) is 0 Å². The minimum Gasteiger partial charge on any atom is -0.370 e. The van der Waals surface area contributed by atoms with Crippen molar-refractivity contribution < 1.29 is 9.59 Å². The number of piperidine rings is 1. The molecule has 3 amide bonds. The van der Waals surface area contributed by atoms with E-state index in [1.165, 1.54) is 0 Å². The molecule has 1 rings (SSSR count). The van der Waals surface area contributed by atoms with E-state index in [0.29, 0.717) is 19.5 Å². The van der Waals surface area contributed by atoms with Crippen LogP contribution in [0.25, 0.3) is 0 Å². The number of urea groups is 1. The fourth-order valence-electron chi connectivity index (χ4n) is 1.74. The maximum atomic E-state index is 10.9.